The molecule has 0 unspecified atom stereocenters. The highest BCUT2D eigenvalue weighted by molar-refractivity contribution is 5.79. The summed E-state index contributed by atoms with van der Waals surface area (Å²) in [7, 11) is 1.58. The Labute approximate surface area is 176 Å². The normalized spacial score (nSPS) is 14.1. The van der Waals surface area contributed by atoms with Gasteiger partial charge in [-0.05, 0) is 24.3 Å². The van der Waals surface area contributed by atoms with Crippen molar-refractivity contribution in [3.05, 3.63) is 79.5 Å². The van der Waals surface area contributed by atoms with E-state index in [0.717, 1.165) is 10.3 Å². The van der Waals surface area contributed by atoms with Gasteiger partial charge >= 0.3 is 5.69 Å². The van der Waals surface area contributed by atoms with Gasteiger partial charge in [0.05, 0.1) is 15.8 Å². The summed E-state index contributed by atoms with van der Waals surface area (Å²) in [6.45, 7) is 1.65. The lowest BCUT2D eigenvalue weighted by Gasteiger charge is -2.36. The molecule has 2 aromatic carbocycles. The Morgan fingerprint density at radius 3 is 2.29 bits per heavy atom. The molecular weight excluding hydrogens is 402 g/mol. The molecule has 1 aromatic heterocycles. The number of nitro groups is 1. The van der Waals surface area contributed by atoms with Gasteiger partial charge in [0.1, 0.15) is 6.54 Å². The quantitative estimate of drug-likeness (QED) is 0.457. The second-order valence-corrected chi connectivity index (χ2v) is 7.39. The second kappa shape index (κ2) is 8.05. The lowest BCUT2D eigenvalue weighted by molar-refractivity contribution is -0.384. The summed E-state index contributed by atoms with van der Waals surface area (Å²) in [5.41, 5.74) is 0.397. The summed E-state index contributed by atoms with van der Waals surface area (Å²) < 4.78 is 2.35. The molecule has 0 N–H and O–H groups in total. The number of amides is 1. The molecule has 4 rings (SSSR count). The van der Waals surface area contributed by atoms with Crippen molar-refractivity contribution in [2.24, 2.45) is 7.05 Å². The minimum atomic E-state index is -0.526. The van der Waals surface area contributed by atoms with Crippen molar-refractivity contribution < 1.29 is 9.72 Å². The van der Waals surface area contributed by atoms with E-state index in [1.165, 1.54) is 16.7 Å². The van der Waals surface area contributed by atoms with Crippen molar-refractivity contribution in [1.29, 1.82) is 0 Å². The standard InChI is InChI=1S/C21H21N5O5/c1-22-18-5-3-2-4-17(18)20(28)25(21(22)29)14-19(27)24-12-10-23(11-13-24)15-6-8-16(9-7-15)26(30)31/h2-9H,10-14H2,1H3. The molecule has 3 aromatic rings. The molecule has 1 aliphatic heterocycles. The molecule has 0 spiro atoms. The highest BCUT2D eigenvalue weighted by Crippen LogP contribution is 2.20. The average molecular weight is 423 g/mol. The van der Waals surface area contributed by atoms with E-state index in [1.54, 1.807) is 48.3 Å². The van der Waals surface area contributed by atoms with E-state index in [9.17, 15) is 24.5 Å². The summed E-state index contributed by atoms with van der Waals surface area (Å²) >= 11 is 0. The number of non-ortho nitro benzene ring substituents is 1. The molecule has 1 fully saturated rings. The first-order valence-corrected chi connectivity index (χ1v) is 9.82. The Balaban J connectivity index is 1.47. The number of fused-ring (bicyclic) bond motifs is 1. The maximum absolute atomic E-state index is 12.8. The number of nitro benzene ring substituents is 1. The van der Waals surface area contributed by atoms with Gasteiger partial charge in [0.2, 0.25) is 5.91 Å². The first kappa shape index (κ1) is 20.3. The Morgan fingerprint density at radius 1 is 1.00 bits per heavy atom. The van der Waals surface area contributed by atoms with Crippen molar-refractivity contribution in [2.45, 2.75) is 6.54 Å². The maximum Gasteiger partial charge on any atom is 0.331 e. The van der Waals surface area contributed by atoms with E-state index in [4.69, 9.17) is 0 Å². The molecule has 10 heteroatoms. The zero-order chi connectivity index (χ0) is 22.1. The van der Waals surface area contributed by atoms with Crippen molar-refractivity contribution in [3.8, 4) is 0 Å². The Morgan fingerprint density at radius 2 is 1.65 bits per heavy atom. The lowest BCUT2D eigenvalue weighted by atomic mass is 10.2. The van der Waals surface area contributed by atoms with Gasteiger partial charge < -0.3 is 9.80 Å². The predicted octanol–water partition coefficient (Wildman–Crippen LogP) is 0.957. The topological polar surface area (TPSA) is 111 Å². The minimum absolute atomic E-state index is 0.0278. The summed E-state index contributed by atoms with van der Waals surface area (Å²) in [4.78, 5) is 52.2. The van der Waals surface area contributed by atoms with Crippen LogP contribution in [0.2, 0.25) is 0 Å². The van der Waals surface area contributed by atoms with Crippen LogP contribution in [0.4, 0.5) is 11.4 Å². The SMILES string of the molecule is Cn1c(=O)n(CC(=O)N2CCN(c3ccc([N+](=O)[O-])cc3)CC2)c(=O)c2ccccc21. The summed E-state index contributed by atoms with van der Waals surface area (Å²) in [5.74, 6) is -0.294. The molecule has 10 nitrogen and oxygen atoms in total. The molecule has 0 atom stereocenters. The lowest BCUT2D eigenvalue weighted by Crippen LogP contribution is -2.51. The van der Waals surface area contributed by atoms with Crippen LogP contribution >= 0.6 is 0 Å². The van der Waals surface area contributed by atoms with Crippen molar-refractivity contribution in [3.63, 3.8) is 0 Å². The first-order valence-electron chi connectivity index (χ1n) is 9.82. The average Bonchev–Trinajstić information content (AvgIpc) is 2.80. The number of hydrogen-bond acceptors (Lipinski definition) is 6. The number of rotatable bonds is 4. The number of nitrogens with zero attached hydrogens (tertiary/aromatic N) is 5. The molecular formula is C21H21N5O5. The molecule has 0 radical (unpaired) electrons. The van der Waals surface area contributed by atoms with Crippen LogP contribution in [0.25, 0.3) is 10.9 Å². The fourth-order valence-corrected chi connectivity index (χ4v) is 3.84. The molecule has 1 amide bonds. The van der Waals surface area contributed by atoms with Crippen molar-refractivity contribution >= 4 is 28.2 Å². The van der Waals surface area contributed by atoms with Crippen LogP contribution in [-0.2, 0) is 18.4 Å². The summed E-state index contributed by atoms with van der Waals surface area (Å²) in [6.07, 6.45) is 0. The van der Waals surface area contributed by atoms with Gasteiger partial charge in [-0.2, -0.15) is 0 Å². The monoisotopic (exact) mass is 423 g/mol. The van der Waals surface area contributed by atoms with Crippen LogP contribution < -0.4 is 16.1 Å². The number of aromatic nitrogens is 2. The Hall–Kier alpha value is -3.95. The largest absolute Gasteiger partial charge is 0.368 e. The smallest absolute Gasteiger partial charge is 0.331 e. The molecule has 0 saturated carbocycles. The molecule has 1 saturated heterocycles. The van der Waals surface area contributed by atoms with E-state index in [1.807, 2.05) is 4.90 Å². The minimum Gasteiger partial charge on any atom is -0.368 e. The molecule has 0 bridgehead atoms. The van der Waals surface area contributed by atoms with Gasteiger partial charge in [0, 0.05) is 51.0 Å². The molecule has 160 valence electrons. The van der Waals surface area contributed by atoms with Crippen LogP contribution in [-0.4, -0.2) is 51.0 Å². The van der Waals surface area contributed by atoms with E-state index in [2.05, 4.69) is 0 Å². The van der Waals surface area contributed by atoms with E-state index >= 15 is 0 Å². The third kappa shape index (κ3) is 3.79. The molecule has 2 heterocycles. The highest BCUT2D eigenvalue weighted by atomic mass is 16.6. The van der Waals surface area contributed by atoms with Crippen molar-refractivity contribution in [1.82, 2.24) is 14.0 Å². The summed E-state index contributed by atoms with van der Waals surface area (Å²) in [6, 6.07) is 13.1. The number of benzene rings is 2. The number of piperazine rings is 1. The van der Waals surface area contributed by atoms with Gasteiger partial charge in [-0.15, -0.1) is 0 Å². The van der Waals surface area contributed by atoms with Gasteiger partial charge in [-0.3, -0.25) is 28.8 Å². The van der Waals surface area contributed by atoms with Gasteiger partial charge in [-0.1, -0.05) is 12.1 Å². The first-order chi connectivity index (χ1) is 14.9. The number of carbonyl (C=O) groups is 1. The number of hydrogen-bond donors (Lipinski definition) is 0. The fourth-order valence-electron chi connectivity index (χ4n) is 3.84. The Kier molecular flexibility index (Phi) is 5.28. The fraction of sp³-hybridized carbons (Fsp3) is 0.286. The molecule has 31 heavy (non-hydrogen) atoms. The molecule has 0 aliphatic carbocycles. The maximum atomic E-state index is 12.8. The number of aryl methyl sites for hydroxylation is 1. The highest BCUT2D eigenvalue weighted by Gasteiger charge is 2.23. The zero-order valence-electron chi connectivity index (χ0n) is 16.9. The number of carbonyl (C=O) groups excluding carboxylic acids is 1. The van der Waals surface area contributed by atoms with Crippen LogP contribution in [0.1, 0.15) is 0 Å². The van der Waals surface area contributed by atoms with Crippen LogP contribution in [0.5, 0.6) is 0 Å². The van der Waals surface area contributed by atoms with Gasteiger partial charge in [0.15, 0.2) is 0 Å². The Bertz CT molecular complexity index is 1270. The van der Waals surface area contributed by atoms with E-state index in [0.29, 0.717) is 37.1 Å². The van der Waals surface area contributed by atoms with Crippen LogP contribution in [0.15, 0.2) is 58.1 Å². The van der Waals surface area contributed by atoms with Gasteiger partial charge in [-0.25, -0.2) is 4.79 Å². The number of anilines is 1. The van der Waals surface area contributed by atoms with Crippen molar-refractivity contribution in [2.75, 3.05) is 31.1 Å². The van der Waals surface area contributed by atoms with Crippen LogP contribution in [0, 0.1) is 10.1 Å². The van der Waals surface area contributed by atoms with Gasteiger partial charge in [0.25, 0.3) is 11.2 Å². The third-order valence-corrected chi connectivity index (χ3v) is 5.61. The predicted molar refractivity (Wildman–Crippen MR) is 115 cm³/mol. The zero-order valence-corrected chi connectivity index (χ0v) is 16.9. The summed E-state index contributed by atoms with van der Waals surface area (Å²) in [5, 5.41) is 11.2. The van der Waals surface area contributed by atoms with E-state index in [-0.39, 0.29) is 18.1 Å². The second-order valence-electron chi connectivity index (χ2n) is 7.39. The van der Waals surface area contributed by atoms with Crippen LogP contribution in [0.3, 0.4) is 0 Å². The number of para-hydroxylation sites is 1. The van der Waals surface area contributed by atoms with E-state index < -0.39 is 16.2 Å². The third-order valence-electron chi connectivity index (χ3n) is 5.61. The molecule has 1 aliphatic rings.